The molecule has 2 aromatic heterocycles. The number of anilines is 2. The standard InChI is InChI=1S/C26H23N3O5S/c1-5-33-25(32)23-14(2)27-26(35-23)29-20(15-10-12-16(13-11-15)28(3)4)19-21(30)17-8-6-7-9-18(17)34-22(19)24(29)31/h6-13,20H,5H2,1-4H3/t20-/m0/s1. The second-order valence-electron chi connectivity index (χ2n) is 8.37. The molecule has 9 heteroatoms. The average Bonchev–Trinajstić information content (AvgIpc) is 3.37. The van der Waals surface area contributed by atoms with Crippen molar-refractivity contribution in [1.82, 2.24) is 4.98 Å². The third-order valence-corrected chi connectivity index (χ3v) is 7.09. The van der Waals surface area contributed by atoms with E-state index >= 15 is 0 Å². The molecule has 0 unspecified atom stereocenters. The Morgan fingerprint density at radius 2 is 1.86 bits per heavy atom. The van der Waals surface area contributed by atoms with Crippen LogP contribution in [0.1, 0.15) is 50.0 Å². The zero-order valence-electron chi connectivity index (χ0n) is 19.7. The number of rotatable bonds is 5. The summed E-state index contributed by atoms with van der Waals surface area (Å²) in [7, 11) is 3.87. The number of benzene rings is 2. The average molecular weight is 490 g/mol. The van der Waals surface area contributed by atoms with Gasteiger partial charge in [0.1, 0.15) is 10.5 Å². The summed E-state index contributed by atoms with van der Waals surface area (Å²) in [5, 5.41) is 0.699. The number of aryl methyl sites for hydroxylation is 1. The molecule has 1 aliphatic rings. The molecule has 0 aliphatic carbocycles. The topological polar surface area (TPSA) is 92.9 Å². The lowest BCUT2D eigenvalue weighted by atomic mass is 9.98. The van der Waals surface area contributed by atoms with Gasteiger partial charge in [0, 0.05) is 19.8 Å². The van der Waals surface area contributed by atoms with Crippen LogP contribution in [-0.2, 0) is 4.74 Å². The fourth-order valence-electron chi connectivity index (χ4n) is 4.26. The van der Waals surface area contributed by atoms with Crippen LogP contribution in [-0.4, -0.2) is 37.6 Å². The summed E-state index contributed by atoms with van der Waals surface area (Å²) >= 11 is 1.06. The molecule has 0 radical (unpaired) electrons. The number of fused-ring (bicyclic) bond motifs is 2. The maximum absolute atomic E-state index is 13.7. The molecule has 0 N–H and O–H groups in total. The summed E-state index contributed by atoms with van der Waals surface area (Å²) in [6.07, 6.45) is 0. The van der Waals surface area contributed by atoms with E-state index in [9.17, 15) is 14.4 Å². The number of amides is 1. The Kier molecular flexibility index (Phi) is 5.64. The van der Waals surface area contributed by atoms with Gasteiger partial charge in [0.05, 0.1) is 29.3 Å². The lowest BCUT2D eigenvalue weighted by Crippen LogP contribution is -2.29. The first-order valence-corrected chi connectivity index (χ1v) is 11.9. The van der Waals surface area contributed by atoms with E-state index in [1.54, 1.807) is 38.1 Å². The fourth-order valence-corrected chi connectivity index (χ4v) is 5.25. The van der Waals surface area contributed by atoms with Gasteiger partial charge in [-0.25, -0.2) is 9.78 Å². The largest absolute Gasteiger partial charge is 0.462 e. The lowest BCUT2D eigenvalue weighted by molar-refractivity contribution is 0.0531. The van der Waals surface area contributed by atoms with Gasteiger partial charge in [-0.3, -0.25) is 14.5 Å². The summed E-state index contributed by atoms with van der Waals surface area (Å²) in [5.41, 5.74) is 2.50. The van der Waals surface area contributed by atoms with Gasteiger partial charge < -0.3 is 14.1 Å². The Labute approximate surface area is 205 Å². The molecule has 8 nitrogen and oxygen atoms in total. The molecule has 35 heavy (non-hydrogen) atoms. The normalized spacial score (nSPS) is 14.9. The summed E-state index contributed by atoms with van der Waals surface area (Å²) in [5.74, 6) is -0.987. The van der Waals surface area contributed by atoms with Crippen molar-refractivity contribution < 1.29 is 18.7 Å². The van der Waals surface area contributed by atoms with Crippen LogP contribution in [0.5, 0.6) is 0 Å². The van der Waals surface area contributed by atoms with E-state index in [2.05, 4.69) is 4.98 Å². The molecule has 2 aromatic carbocycles. The highest BCUT2D eigenvalue weighted by Gasteiger charge is 2.45. The van der Waals surface area contributed by atoms with Crippen molar-refractivity contribution in [3.8, 4) is 0 Å². The molecule has 1 amide bonds. The highest BCUT2D eigenvalue weighted by molar-refractivity contribution is 7.17. The minimum Gasteiger partial charge on any atom is -0.462 e. The van der Waals surface area contributed by atoms with Gasteiger partial charge in [0.15, 0.2) is 10.6 Å². The maximum atomic E-state index is 13.7. The first kappa shape index (κ1) is 22.8. The van der Waals surface area contributed by atoms with E-state index in [4.69, 9.17) is 9.15 Å². The van der Waals surface area contributed by atoms with Crippen molar-refractivity contribution in [3.63, 3.8) is 0 Å². The molecule has 3 heterocycles. The molecule has 0 bridgehead atoms. The van der Waals surface area contributed by atoms with Crippen molar-refractivity contribution in [2.75, 3.05) is 30.5 Å². The number of carbonyl (C=O) groups is 2. The zero-order valence-corrected chi connectivity index (χ0v) is 20.5. The quantitative estimate of drug-likeness (QED) is 0.380. The Bertz CT molecular complexity index is 1520. The second-order valence-corrected chi connectivity index (χ2v) is 9.34. The second kappa shape index (κ2) is 8.66. The number of esters is 1. The minimum atomic E-state index is -0.754. The van der Waals surface area contributed by atoms with Gasteiger partial charge in [-0.2, -0.15) is 0 Å². The van der Waals surface area contributed by atoms with E-state index in [1.807, 2.05) is 43.3 Å². The Balaban J connectivity index is 1.73. The van der Waals surface area contributed by atoms with E-state index in [0.29, 0.717) is 26.7 Å². The third kappa shape index (κ3) is 3.68. The fraction of sp³-hybridized carbons (Fsp3) is 0.231. The van der Waals surface area contributed by atoms with Crippen LogP contribution in [0.3, 0.4) is 0 Å². The van der Waals surface area contributed by atoms with Gasteiger partial charge in [-0.15, -0.1) is 0 Å². The first-order valence-electron chi connectivity index (χ1n) is 11.1. The van der Waals surface area contributed by atoms with E-state index in [-0.39, 0.29) is 23.4 Å². The van der Waals surface area contributed by atoms with Gasteiger partial charge in [0.25, 0.3) is 5.91 Å². The Hall–Kier alpha value is -3.98. The number of thiazole rings is 1. The molecule has 4 aromatic rings. The monoisotopic (exact) mass is 489 g/mol. The summed E-state index contributed by atoms with van der Waals surface area (Å²) in [4.78, 5) is 48.0. The zero-order chi connectivity index (χ0) is 24.9. The summed E-state index contributed by atoms with van der Waals surface area (Å²) in [6.45, 7) is 3.65. The number of aromatic nitrogens is 1. The van der Waals surface area contributed by atoms with E-state index in [0.717, 1.165) is 22.6 Å². The van der Waals surface area contributed by atoms with Gasteiger partial charge in [0.2, 0.25) is 5.76 Å². The SMILES string of the molecule is CCOC(=O)c1sc(N2C(=O)c3oc4ccccc4c(=O)c3[C@@H]2c2ccc(N(C)C)cc2)nc1C. The van der Waals surface area contributed by atoms with Crippen molar-refractivity contribution in [2.24, 2.45) is 0 Å². The summed E-state index contributed by atoms with van der Waals surface area (Å²) < 4.78 is 11.1. The molecule has 0 fully saturated rings. The van der Waals surface area contributed by atoms with Crippen LogP contribution in [0, 0.1) is 6.92 Å². The van der Waals surface area contributed by atoms with Crippen molar-refractivity contribution in [1.29, 1.82) is 0 Å². The Morgan fingerprint density at radius 1 is 1.14 bits per heavy atom. The predicted molar refractivity (Wildman–Crippen MR) is 135 cm³/mol. The highest BCUT2D eigenvalue weighted by atomic mass is 32.1. The molecular formula is C26H23N3O5S. The van der Waals surface area contributed by atoms with E-state index < -0.39 is 17.9 Å². The molecule has 5 rings (SSSR count). The molecule has 1 atom stereocenters. The highest BCUT2D eigenvalue weighted by Crippen LogP contribution is 2.43. The van der Waals surface area contributed by atoms with Gasteiger partial charge in [-0.05, 0) is 43.7 Å². The number of hydrogen-bond donors (Lipinski definition) is 0. The number of nitrogens with zero attached hydrogens (tertiary/aromatic N) is 3. The number of ether oxygens (including phenoxy) is 1. The van der Waals surface area contributed by atoms with Crippen LogP contribution >= 0.6 is 11.3 Å². The molecular weight excluding hydrogens is 466 g/mol. The first-order chi connectivity index (χ1) is 16.8. The smallest absolute Gasteiger partial charge is 0.350 e. The Morgan fingerprint density at radius 3 is 2.54 bits per heavy atom. The minimum absolute atomic E-state index is 0.0130. The maximum Gasteiger partial charge on any atom is 0.350 e. The van der Waals surface area contributed by atoms with Crippen LogP contribution in [0.4, 0.5) is 10.8 Å². The molecule has 0 spiro atoms. The van der Waals surface area contributed by atoms with Gasteiger partial charge in [-0.1, -0.05) is 35.6 Å². The van der Waals surface area contributed by atoms with E-state index in [1.165, 1.54) is 4.90 Å². The van der Waals surface area contributed by atoms with Crippen LogP contribution in [0.2, 0.25) is 0 Å². The van der Waals surface area contributed by atoms with Crippen molar-refractivity contribution >= 4 is 45.0 Å². The molecule has 1 aliphatic heterocycles. The molecule has 0 saturated carbocycles. The molecule has 0 saturated heterocycles. The third-order valence-electron chi connectivity index (χ3n) is 5.96. The lowest BCUT2D eigenvalue weighted by Gasteiger charge is -2.23. The van der Waals surface area contributed by atoms with Crippen LogP contribution in [0.15, 0.2) is 57.7 Å². The number of carbonyl (C=O) groups excluding carboxylic acids is 2. The van der Waals surface area contributed by atoms with Crippen molar-refractivity contribution in [2.45, 2.75) is 19.9 Å². The predicted octanol–water partition coefficient (Wildman–Crippen LogP) is 4.55. The van der Waals surface area contributed by atoms with Gasteiger partial charge >= 0.3 is 5.97 Å². The summed E-state index contributed by atoms with van der Waals surface area (Å²) in [6, 6.07) is 13.7. The van der Waals surface area contributed by atoms with Crippen molar-refractivity contribution in [3.05, 3.63) is 86.2 Å². The number of para-hydroxylation sites is 1. The number of hydrogen-bond acceptors (Lipinski definition) is 8. The molecule has 178 valence electrons. The van der Waals surface area contributed by atoms with Crippen LogP contribution in [0.25, 0.3) is 11.0 Å². The van der Waals surface area contributed by atoms with Crippen LogP contribution < -0.4 is 15.2 Å².